The lowest BCUT2D eigenvalue weighted by molar-refractivity contribution is -0.116. The molecule has 0 aliphatic heterocycles. The zero-order valence-electron chi connectivity index (χ0n) is 14.2. The minimum Gasteiger partial charge on any atom is -0.351 e. The van der Waals surface area contributed by atoms with E-state index in [0.717, 1.165) is 11.1 Å². The van der Waals surface area contributed by atoms with Crippen molar-refractivity contribution in [2.45, 2.75) is 18.7 Å². The first-order valence-corrected chi connectivity index (χ1v) is 9.30. The summed E-state index contributed by atoms with van der Waals surface area (Å²) in [6.07, 6.45) is 6.32. The van der Waals surface area contributed by atoms with Gasteiger partial charge in [0.2, 0.25) is 15.9 Å². The van der Waals surface area contributed by atoms with Crippen LogP contribution in [0.4, 0.5) is 0 Å². The van der Waals surface area contributed by atoms with Gasteiger partial charge < -0.3 is 5.32 Å². The van der Waals surface area contributed by atoms with E-state index < -0.39 is 10.0 Å². The van der Waals surface area contributed by atoms with E-state index in [9.17, 15) is 13.2 Å². The molecule has 2 aromatic rings. The van der Waals surface area contributed by atoms with Crippen molar-refractivity contribution in [3.8, 4) is 0 Å². The lowest BCUT2D eigenvalue weighted by Gasteiger charge is -2.10. The molecule has 7 heteroatoms. The van der Waals surface area contributed by atoms with E-state index in [-0.39, 0.29) is 23.9 Å². The quantitative estimate of drug-likeness (QED) is 0.583. The number of aromatic nitrogens is 1. The highest BCUT2D eigenvalue weighted by molar-refractivity contribution is 7.89. The van der Waals surface area contributed by atoms with Crippen LogP contribution in [0.25, 0.3) is 6.08 Å². The predicted octanol–water partition coefficient (Wildman–Crippen LogP) is 1.81. The molecule has 2 rings (SSSR count). The first-order chi connectivity index (χ1) is 11.9. The van der Waals surface area contributed by atoms with Gasteiger partial charge in [0.05, 0.1) is 4.90 Å². The Balaban J connectivity index is 1.83. The Labute approximate surface area is 148 Å². The Morgan fingerprint density at radius 2 is 2.00 bits per heavy atom. The van der Waals surface area contributed by atoms with Crippen LogP contribution in [0.15, 0.2) is 53.7 Å². The summed E-state index contributed by atoms with van der Waals surface area (Å²) in [5.74, 6) is -0.296. The smallest absolute Gasteiger partial charge is 0.244 e. The Hall–Kier alpha value is -2.51. The van der Waals surface area contributed by atoms with Crippen molar-refractivity contribution < 1.29 is 13.2 Å². The fraction of sp³-hybridized carbons (Fsp3) is 0.222. The number of benzene rings is 1. The summed E-state index contributed by atoms with van der Waals surface area (Å²) in [5, 5.41) is 2.63. The van der Waals surface area contributed by atoms with Gasteiger partial charge in [0.15, 0.2) is 0 Å². The van der Waals surface area contributed by atoms with Crippen LogP contribution in [-0.4, -0.2) is 32.4 Å². The minimum absolute atomic E-state index is 0.113. The van der Waals surface area contributed by atoms with Crippen molar-refractivity contribution in [1.82, 2.24) is 15.0 Å². The number of carbonyl (C=O) groups excluding carboxylic acids is 1. The molecule has 0 bridgehead atoms. The van der Waals surface area contributed by atoms with Gasteiger partial charge in [-0.05, 0) is 48.7 Å². The number of sulfonamides is 1. The number of aryl methyl sites for hydroxylation is 2. The third-order valence-corrected chi connectivity index (χ3v) is 5.06. The zero-order valence-corrected chi connectivity index (χ0v) is 15.0. The molecule has 0 radical (unpaired) electrons. The van der Waals surface area contributed by atoms with Gasteiger partial charge in [-0.2, -0.15) is 0 Å². The van der Waals surface area contributed by atoms with E-state index in [4.69, 9.17) is 0 Å². The van der Waals surface area contributed by atoms with Crippen molar-refractivity contribution in [3.05, 3.63) is 65.5 Å². The Bertz CT molecular complexity index is 862. The number of rotatable bonds is 7. The van der Waals surface area contributed by atoms with Gasteiger partial charge in [0.1, 0.15) is 0 Å². The lowest BCUT2D eigenvalue weighted by atomic mass is 10.2. The summed E-state index contributed by atoms with van der Waals surface area (Å²) in [7, 11) is -3.59. The second-order valence-electron chi connectivity index (χ2n) is 5.58. The molecule has 1 aromatic carbocycles. The van der Waals surface area contributed by atoms with Crippen molar-refractivity contribution in [1.29, 1.82) is 0 Å². The van der Waals surface area contributed by atoms with Crippen LogP contribution in [0.1, 0.15) is 16.7 Å². The molecule has 0 saturated heterocycles. The van der Waals surface area contributed by atoms with Crippen LogP contribution in [0.2, 0.25) is 0 Å². The first kappa shape index (κ1) is 18.8. The number of pyridine rings is 1. The highest BCUT2D eigenvalue weighted by Gasteiger charge is 2.16. The van der Waals surface area contributed by atoms with Gasteiger partial charge in [-0.1, -0.05) is 18.2 Å². The van der Waals surface area contributed by atoms with Gasteiger partial charge in [-0.15, -0.1) is 0 Å². The number of hydrogen-bond acceptors (Lipinski definition) is 4. The van der Waals surface area contributed by atoms with Crippen LogP contribution in [-0.2, 0) is 14.8 Å². The monoisotopic (exact) mass is 359 g/mol. The third-order valence-electron chi connectivity index (χ3n) is 3.46. The fourth-order valence-electron chi connectivity index (χ4n) is 2.15. The molecule has 1 aromatic heterocycles. The molecule has 0 saturated carbocycles. The summed E-state index contributed by atoms with van der Waals surface area (Å²) in [6, 6.07) is 8.87. The summed E-state index contributed by atoms with van der Waals surface area (Å²) in [4.78, 5) is 15.9. The van der Waals surface area contributed by atoms with Gasteiger partial charge in [0.25, 0.3) is 0 Å². The van der Waals surface area contributed by atoms with Crippen molar-refractivity contribution in [3.63, 3.8) is 0 Å². The molecular weight excluding hydrogens is 338 g/mol. The molecular formula is C18H21N3O3S. The van der Waals surface area contributed by atoms with Crippen molar-refractivity contribution in [2.75, 3.05) is 13.1 Å². The van der Waals surface area contributed by atoms with Crippen LogP contribution >= 0.6 is 0 Å². The van der Waals surface area contributed by atoms with E-state index in [0.29, 0.717) is 5.56 Å². The maximum Gasteiger partial charge on any atom is 0.244 e. The minimum atomic E-state index is -3.59. The Morgan fingerprint density at radius 1 is 1.20 bits per heavy atom. The molecule has 1 heterocycles. The van der Waals surface area contributed by atoms with E-state index >= 15 is 0 Å². The maximum absolute atomic E-state index is 12.3. The van der Waals surface area contributed by atoms with Gasteiger partial charge in [-0.3, -0.25) is 9.78 Å². The third kappa shape index (κ3) is 5.81. The Morgan fingerprint density at radius 3 is 2.72 bits per heavy atom. The number of amides is 1. The molecule has 2 N–H and O–H groups in total. The normalized spacial score (nSPS) is 11.6. The van der Waals surface area contributed by atoms with E-state index in [1.807, 2.05) is 19.1 Å². The molecule has 25 heavy (non-hydrogen) atoms. The molecule has 0 unspecified atom stereocenters. The SMILES string of the molecule is Cc1ccc(C)c(S(=O)(=O)NCCNC(=O)C=Cc2cccnc2)c1. The standard InChI is InChI=1S/C18H21N3O3S/c1-14-5-6-15(2)17(12-14)25(23,24)21-11-10-20-18(22)8-7-16-4-3-9-19-13-16/h3-9,12-13,21H,10-11H2,1-2H3,(H,20,22). The Kier molecular flexibility index (Phi) is 6.44. The molecule has 132 valence electrons. The molecule has 0 aliphatic rings. The highest BCUT2D eigenvalue weighted by atomic mass is 32.2. The molecule has 0 fully saturated rings. The number of carbonyl (C=O) groups is 1. The zero-order chi connectivity index (χ0) is 18.3. The van der Waals surface area contributed by atoms with Crippen molar-refractivity contribution in [2.24, 2.45) is 0 Å². The summed E-state index contributed by atoms with van der Waals surface area (Å²) >= 11 is 0. The van der Waals surface area contributed by atoms with Gasteiger partial charge >= 0.3 is 0 Å². The first-order valence-electron chi connectivity index (χ1n) is 7.81. The van der Waals surface area contributed by atoms with Crippen molar-refractivity contribution >= 4 is 22.0 Å². The fourth-order valence-corrected chi connectivity index (χ4v) is 3.51. The lowest BCUT2D eigenvalue weighted by Crippen LogP contribution is -2.34. The highest BCUT2D eigenvalue weighted by Crippen LogP contribution is 2.16. The van der Waals surface area contributed by atoms with Crippen LogP contribution in [0.3, 0.4) is 0 Å². The molecule has 0 aliphatic carbocycles. The number of nitrogens with one attached hydrogen (secondary N) is 2. The average Bonchev–Trinajstić information content (AvgIpc) is 2.60. The van der Waals surface area contributed by atoms with E-state index in [2.05, 4.69) is 15.0 Å². The van der Waals surface area contributed by atoms with Gasteiger partial charge in [0, 0.05) is 31.6 Å². The van der Waals surface area contributed by atoms with Gasteiger partial charge in [-0.25, -0.2) is 13.1 Å². The number of nitrogens with zero attached hydrogens (tertiary/aromatic N) is 1. The largest absolute Gasteiger partial charge is 0.351 e. The molecule has 6 nitrogen and oxygen atoms in total. The molecule has 0 spiro atoms. The predicted molar refractivity (Wildman–Crippen MR) is 97.4 cm³/mol. The average molecular weight is 359 g/mol. The van der Waals surface area contributed by atoms with E-state index in [1.54, 1.807) is 43.6 Å². The summed E-state index contributed by atoms with van der Waals surface area (Å²) < 4.78 is 27.1. The van der Waals surface area contributed by atoms with Crippen LogP contribution in [0.5, 0.6) is 0 Å². The van der Waals surface area contributed by atoms with Crippen LogP contribution in [0, 0.1) is 13.8 Å². The number of hydrogen-bond donors (Lipinski definition) is 2. The molecule has 0 atom stereocenters. The summed E-state index contributed by atoms with van der Waals surface area (Å²) in [5.41, 5.74) is 2.37. The summed E-state index contributed by atoms with van der Waals surface area (Å²) in [6.45, 7) is 3.90. The van der Waals surface area contributed by atoms with Crippen LogP contribution < -0.4 is 10.0 Å². The second-order valence-corrected chi connectivity index (χ2v) is 7.31. The topological polar surface area (TPSA) is 88.2 Å². The molecule has 1 amide bonds. The van der Waals surface area contributed by atoms with E-state index in [1.165, 1.54) is 6.08 Å². The second kappa shape index (κ2) is 8.55. The maximum atomic E-state index is 12.3.